The van der Waals surface area contributed by atoms with E-state index in [9.17, 15) is 53.7 Å². The van der Waals surface area contributed by atoms with E-state index in [2.05, 4.69) is 31.9 Å². The minimum absolute atomic E-state index is 0.325. The van der Waals surface area contributed by atoms with Gasteiger partial charge in [0.2, 0.25) is 17.7 Å². The summed E-state index contributed by atoms with van der Waals surface area (Å²) in [7, 11) is 3.16. The Morgan fingerprint density at radius 3 is 1.24 bits per heavy atom. The van der Waals surface area contributed by atoms with Crippen molar-refractivity contribution in [3.63, 3.8) is 0 Å². The van der Waals surface area contributed by atoms with Crippen molar-refractivity contribution < 1.29 is 63.1 Å². The van der Waals surface area contributed by atoms with Crippen LogP contribution in [0.4, 0.5) is 9.59 Å². The molecule has 0 aromatic heterocycles. The minimum Gasteiger partial charge on any atom is -0.479 e. The molecule has 0 bridgehead atoms. The van der Waals surface area contributed by atoms with Crippen LogP contribution in [0, 0.1) is 0 Å². The molecule has 66 heavy (non-hydrogen) atoms. The number of unbranched alkanes of at least 4 members (excludes halogenated alkanes) is 2. The smallest absolute Gasteiger partial charge is 0.407 e. The lowest BCUT2D eigenvalue weighted by Crippen LogP contribution is -2.53. The standard InChI is InChI=1S/C24H38N4O6.C22H33N3O7/c1-7-8-14-17(26-23(33)34-24(2,3)4)20(30)21(31)25-15-18(29)27-19(22(32)28(5)6)16-12-10-9-11-13-16;1-5-6-12-15(24-21(31)32-22(2,3)4)18(27)19(28)23-13-16(26)25-17(20(29)30)14-10-8-7-9-11-14/h9-13,17,19-20,30H,7-8,14-15H2,1-6H3,(H,25,31)(H,26,33)(H,27,29);7-11,15,17-18,27H,5-6,12-13H2,1-4H3,(H,23,28)(H,24,31)(H,25,26)(H,29,30)/t17?,19-,20?;15?,17-,18?/m00/s1. The molecule has 2 aromatic carbocycles. The largest absolute Gasteiger partial charge is 0.479 e. The third kappa shape index (κ3) is 23.1. The summed E-state index contributed by atoms with van der Waals surface area (Å²) in [5.74, 6) is -4.61. The monoisotopic (exact) mass is 930 g/mol. The van der Waals surface area contributed by atoms with Gasteiger partial charge < -0.3 is 61.6 Å². The van der Waals surface area contributed by atoms with E-state index in [4.69, 9.17) is 9.47 Å². The first-order chi connectivity index (χ1) is 30.8. The average molecular weight is 930 g/mol. The van der Waals surface area contributed by atoms with Crippen LogP contribution in [0.1, 0.15) is 117 Å². The van der Waals surface area contributed by atoms with Crippen LogP contribution in [0.5, 0.6) is 0 Å². The van der Waals surface area contributed by atoms with Crippen LogP contribution in [0.2, 0.25) is 0 Å². The van der Waals surface area contributed by atoms with Gasteiger partial charge in [0.25, 0.3) is 11.8 Å². The zero-order valence-electron chi connectivity index (χ0n) is 39.8. The number of amides is 7. The molecule has 0 radical (unpaired) electrons. The normalized spacial score (nSPS) is 13.8. The van der Waals surface area contributed by atoms with Crippen LogP contribution >= 0.6 is 0 Å². The first-order valence-electron chi connectivity index (χ1n) is 21.8. The SMILES string of the molecule is CCCCC(NC(=O)OC(C)(C)C)C(O)C(=O)NCC(=O)N[C@H](C(=O)N(C)C)c1ccccc1.CCCCC(NC(=O)OC(C)(C)C)C(O)C(=O)NCC(=O)N[C@H](C(=O)O)c1ccccc1. The number of aliphatic hydroxyl groups is 2. The lowest BCUT2D eigenvalue weighted by molar-refractivity contribution is -0.142. The molecule has 9 N–H and O–H groups in total. The molecule has 20 nitrogen and oxygen atoms in total. The number of ether oxygens (including phenoxy) is 2. The number of benzene rings is 2. The molecular formula is C46H71N7O13. The highest BCUT2D eigenvalue weighted by atomic mass is 16.6. The van der Waals surface area contributed by atoms with Gasteiger partial charge in [0.05, 0.1) is 25.2 Å². The lowest BCUT2D eigenvalue weighted by Gasteiger charge is -2.26. The quantitative estimate of drug-likeness (QED) is 0.0822. The molecule has 368 valence electrons. The van der Waals surface area contributed by atoms with Gasteiger partial charge in [0.15, 0.2) is 18.2 Å². The first kappa shape index (κ1) is 57.7. The minimum atomic E-state index is -1.62. The maximum absolute atomic E-state index is 12.5. The molecule has 0 saturated heterocycles. The second-order valence-electron chi connectivity index (χ2n) is 17.5. The molecule has 4 unspecified atom stereocenters. The number of carboxylic acids is 1. The predicted octanol–water partition coefficient (Wildman–Crippen LogP) is 2.98. The van der Waals surface area contributed by atoms with Crippen molar-refractivity contribution in [3.05, 3.63) is 71.8 Å². The molecule has 6 atom stereocenters. The van der Waals surface area contributed by atoms with E-state index in [1.807, 2.05) is 13.8 Å². The van der Waals surface area contributed by atoms with Gasteiger partial charge in [-0.25, -0.2) is 14.4 Å². The molecule has 20 heteroatoms. The maximum Gasteiger partial charge on any atom is 0.407 e. The highest BCUT2D eigenvalue weighted by molar-refractivity contribution is 5.92. The number of nitrogens with zero attached hydrogens (tertiary/aromatic N) is 1. The number of aliphatic carboxylic acids is 1. The summed E-state index contributed by atoms with van der Waals surface area (Å²) >= 11 is 0. The molecule has 0 aliphatic rings. The number of carbonyl (C=O) groups is 8. The molecule has 0 saturated carbocycles. The highest BCUT2D eigenvalue weighted by Crippen LogP contribution is 2.16. The Balaban J connectivity index is 0.000000661. The van der Waals surface area contributed by atoms with Crippen LogP contribution in [0.25, 0.3) is 0 Å². The fourth-order valence-electron chi connectivity index (χ4n) is 5.84. The second kappa shape index (κ2) is 28.6. The summed E-state index contributed by atoms with van der Waals surface area (Å²) in [4.78, 5) is 99.1. The Hall–Kier alpha value is -6.28. The number of carbonyl (C=O) groups excluding carboxylic acids is 7. The van der Waals surface area contributed by atoms with Gasteiger partial charge in [0.1, 0.15) is 17.2 Å². The molecular weight excluding hydrogens is 859 g/mol. The van der Waals surface area contributed by atoms with Crippen molar-refractivity contribution in [1.82, 2.24) is 36.8 Å². The summed E-state index contributed by atoms with van der Waals surface area (Å²) in [6, 6.07) is 12.9. The first-order valence-corrected chi connectivity index (χ1v) is 21.8. The summed E-state index contributed by atoms with van der Waals surface area (Å²) in [5, 5.41) is 44.9. The molecule has 0 fully saturated rings. The van der Waals surface area contributed by atoms with Crippen molar-refractivity contribution >= 4 is 47.7 Å². The summed E-state index contributed by atoms with van der Waals surface area (Å²) in [6.07, 6.45) is -1.16. The molecule has 0 aliphatic carbocycles. The van der Waals surface area contributed by atoms with Gasteiger partial charge in [-0.15, -0.1) is 0 Å². The summed E-state index contributed by atoms with van der Waals surface area (Å²) in [6.45, 7) is 13.1. The van der Waals surface area contributed by atoms with Crippen molar-refractivity contribution in [3.8, 4) is 0 Å². The van der Waals surface area contributed by atoms with Crippen LogP contribution in [0.15, 0.2) is 60.7 Å². The highest BCUT2D eigenvalue weighted by Gasteiger charge is 2.32. The van der Waals surface area contributed by atoms with Crippen LogP contribution < -0.4 is 31.9 Å². The third-order valence-electron chi connectivity index (χ3n) is 9.10. The molecule has 2 aromatic rings. The van der Waals surface area contributed by atoms with Crippen molar-refractivity contribution in [2.75, 3.05) is 27.2 Å². The Morgan fingerprint density at radius 2 is 0.924 bits per heavy atom. The topological polar surface area (TPSA) is 291 Å². The number of likely N-dealkylation sites (N-methyl/N-ethyl adjacent to an activating group) is 1. The van der Waals surface area contributed by atoms with Gasteiger partial charge in [0, 0.05) is 14.1 Å². The van der Waals surface area contributed by atoms with Gasteiger partial charge in [-0.1, -0.05) is 100 Å². The van der Waals surface area contributed by atoms with Crippen LogP contribution in [0.3, 0.4) is 0 Å². The number of nitrogens with one attached hydrogen (secondary N) is 6. The number of hydrogen-bond acceptors (Lipinski definition) is 12. The van der Waals surface area contributed by atoms with Crippen LogP contribution in [-0.2, 0) is 38.2 Å². The Labute approximate surface area is 387 Å². The number of aliphatic hydroxyl groups excluding tert-OH is 2. The molecule has 7 amide bonds. The van der Waals surface area contributed by atoms with E-state index in [0.29, 0.717) is 36.8 Å². The van der Waals surface area contributed by atoms with Crippen molar-refractivity contribution in [2.45, 2.75) is 141 Å². The Morgan fingerprint density at radius 1 is 0.576 bits per heavy atom. The summed E-state index contributed by atoms with van der Waals surface area (Å²) < 4.78 is 10.4. The second-order valence-corrected chi connectivity index (χ2v) is 17.5. The molecule has 0 spiro atoms. The molecule has 0 heterocycles. The third-order valence-corrected chi connectivity index (χ3v) is 9.10. The zero-order chi connectivity index (χ0) is 50.2. The van der Waals surface area contributed by atoms with Crippen molar-refractivity contribution in [1.29, 1.82) is 0 Å². The average Bonchev–Trinajstić information content (AvgIpc) is 3.24. The molecule has 0 aliphatic heterocycles. The van der Waals surface area contributed by atoms with E-state index in [1.165, 1.54) is 4.90 Å². The summed E-state index contributed by atoms with van der Waals surface area (Å²) in [5.41, 5.74) is -0.503. The van der Waals surface area contributed by atoms with Crippen LogP contribution in [-0.4, -0.2) is 131 Å². The van der Waals surface area contributed by atoms with Crippen molar-refractivity contribution in [2.24, 2.45) is 0 Å². The maximum atomic E-state index is 12.5. The fourth-order valence-corrected chi connectivity index (χ4v) is 5.84. The lowest BCUT2D eigenvalue weighted by atomic mass is 10.0. The van der Waals surface area contributed by atoms with Gasteiger partial charge in [-0.3, -0.25) is 24.0 Å². The van der Waals surface area contributed by atoms with E-state index in [-0.39, 0.29) is 5.91 Å². The van der Waals surface area contributed by atoms with E-state index >= 15 is 0 Å². The van der Waals surface area contributed by atoms with Gasteiger partial charge >= 0.3 is 18.2 Å². The number of carboxylic acid groups (broad SMARTS) is 1. The number of hydrogen-bond donors (Lipinski definition) is 9. The van der Waals surface area contributed by atoms with E-state index in [0.717, 1.165) is 12.8 Å². The van der Waals surface area contributed by atoms with Gasteiger partial charge in [-0.05, 0) is 65.5 Å². The Kier molecular flexibility index (Phi) is 25.0. The zero-order valence-corrected chi connectivity index (χ0v) is 39.8. The van der Waals surface area contributed by atoms with Gasteiger partial charge in [-0.2, -0.15) is 0 Å². The number of alkyl carbamates (subject to hydrolysis) is 2. The van der Waals surface area contributed by atoms with E-state index in [1.54, 1.807) is 116 Å². The Bertz CT molecular complexity index is 1870. The fraction of sp³-hybridized carbons (Fsp3) is 0.565. The number of rotatable bonds is 22. The van der Waals surface area contributed by atoms with E-state index < -0.39 is 102 Å². The molecule has 2 rings (SSSR count). The predicted molar refractivity (Wildman–Crippen MR) is 244 cm³/mol.